The average Bonchev–Trinajstić information content (AvgIpc) is 1.80. The maximum absolute atomic E-state index is 8.80. The Kier molecular flexibility index (Phi) is 3.25. The number of hydrogen-bond acceptors (Lipinski definition) is 3. The van der Waals surface area contributed by atoms with Crippen molar-refractivity contribution < 1.29 is 5.11 Å². The SMILES string of the molecule is Cl.Nc1cc(Cl)ncc1O. The molecule has 56 valence electrons. The van der Waals surface area contributed by atoms with Gasteiger partial charge in [-0.15, -0.1) is 12.4 Å². The fraction of sp³-hybridized carbons (Fsp3) is 0. The number of aromatic hydroxyl groups is 1. The van der Waals surface area contributed by atoms with E-state index in [0.717, 1.165) is 0 Å². The zero-order valence-electron chi connectivity index (χ0n) is 4.91. The Labute approximate surface area is 69.2 Å². The van der Waals surface area contributed by atoms with Gasteiger partial charge in [-0.05, 0) is 0 Å². The number of nitrogens with two attached hydrogens (primary N) is 1. The molecule has 0 radical (unpaired) electrons. The van der Waals surface area contributed by atoms with E-state index >= 15 is 0 Å². The van der Waals surface area contributed by atoms with E-state index in [1.54, 1.807) is 0 Å². The molecule has 1 aromatic heterocycles. The zero-order chi connectivity index (χ0) is 6.85. The largest absolute Gasteiger partial charge is 0.504 e. The molecule has 0 atom stereocenters. The van der Waals surface area contributed by atoms with Gasteiger partial charge >= 0.3 is 0 Å². The van der Waals surface area contributed by atoms with Crippen LogP contribution in [0, 0.1) is 0 Å². The van der Waals surface area contributed by atoms with Gasteiger partial charge in [-0.3, -0.25) is 0 Å². The van der Waals surface area contributed by atoms with Crippen molar-refractivity contribution >= 4 is 29.7 Å². The number of anilines is 1. The van der Waals surface area contributed by atoms with Crippen LogP contribution in [0.5, 0.6) is 5.75 Å². The molecule has 5 heteroatoms. The Balaban J connectivity index is 0.000000810. The molecule has 3 N–H and O–H groups in total. The van der Waals surface area contributed by atoms with Gasteiger partial charge in [0.2, 0.25) is 0 Å². The van der Waals surface area contributed by atoms with Gasteiger partial charge in [-0.25, -0.2) is 4.98 Å². The normalized spacial score (nSPS) is 8.50. The molecule has 3 nitrogen and oxygen atoms in total. The first-order chi connectivity index (χ1) is 4.20. The van der Waals surface area contributed by atoms with Crippen molar-refractivity contribution in [1.29, 1.82) is 0 Å². The monoisotopic (exact) mass is 180 g/mol. The second-order valence-corrected chi connectivity index (χ2v) is 1.95. The first-order valence-corrected chi connectivity index (χ1v) is 2.68. The maximum Gasteiger partial charge on any atom is 0.156 e. The van der Waals surface area contributed by atoms with Crippen LogP contribution in [0.15, 0.2) is 12.3 Å². The van der Waals surface area contributed by atoms with Crippen LogP contribution < -0.4 is 5.73 Å². The Morgan fingerprint density at radius 1 is 1.60 bits per heavy atom. The van der Waals surface area contributed by atoms with Gasteiger partial charge in [0.1, 0.15) is 5.15 Å². The van der Waals surface area contributed by atoms with E-state index in [1.165, 1.54) is 12.3 Å². The van der Waals surface area contributed by atoms with E-state index in [2.05, 4.69) is 4.98 Å². The van der Waals surface area contributed by atoms with Crippen molar-refractivity contribution in [2.24, 2.45) is 0 Å². The van der Waals surface area contributed by atoms with E-state index in [-0.39, 0.29) is 29.0 Å². The predicted octanol–water partition coefficient (Wildman–Crippen LogP) is 1.44. The van der Waals surface area contributed by atoms with E-state index < -0.39 is 0 Å². The first kappa shape index (κ1) is 9.33. The van der Waals surface area contributed by atoms with Crippen LogP contribution >= 0.6 is 24.0 Å². The highest BCUT2D eigenvalue weighted by Gasteiger charge is 1.95. The summed E-state index contributed by atoms with van der Waals surface area (Å²) in [6.45, 7) is 0. The third-order valence-electron chi connectivity index (χ3n) is 0.881. The quantitative estimate of drug-likeness (QED) is 0.595. The lowest BCUT2D eigenvalue weighted by atomic mass is 10.4. The number of halogens is 2. The Morgan fingerprint density at radius 3 is 2.60 bits per heavy atom. The van der Waals surface area contributed by atoms with Crippen molar-refractivity contribution in [3.8, 4) is 5.75 Å². The molecule has 0 aliphatic heterocycles. The number of nitrogen functional groups attached to an aromatic ring is 1. The lowest BCUT2D eigenvalue weighted by Gasteiger charge is -1.94. The first-order valence-electron chi connectivity index (χ1n) is 2.30. The lowest BCUT2D eigenvalue weighted by molar-refractivity contribution is 0.475. The number of aromatic nitrogens is 1. The Morgan fingerprint density at radius 2 is 2.20 bits per heavy atom. The van der Waals surface area contributed by atoms with Crippen molar-refractivity contribution in [1.82, 2.24) is 4.98 Å². The van der Waals surface area contributed by atoms with Crippen molar-refractivity contribution in [2.75, 3.05) is 5.73 Å². The van der Waals surface area contributed by atoms with E-state index in [9.17, 15) is 0 Å². The highest BCUT2D eigenvalue weighted by Crippen LogP contribution is 2.19. The molecule has 0 aliphatic carbocycles. The Hall–Kier alpha value is -0.670. The average molecular weight is 181 g/mol. The molecule has 0 amide bonds. The van der Waals surface area contributed by atoms with Gasteiger partial charge in [0, 0.05) is 6.07 Å². The molecule has 0 aliphatic rings. The summed E-state index contributed by atoms with van der Waals surface area (Å²) in [6.07, 6.45) is 1.21. The van der Waals surface area contributed by atoms with Crippen LogP contribution in [-0.2, 0) is 0 Å². The Bertz CT molecular complexity index is 229. The second kappa shape index (κ2) is 3.49. The maximum atomic E-state index is 8.80. The molecular formula is C5H6Cl2N2O. The van der Waals surface area contributed by atoms with Gasteiger partial charge in [-0.1, -0.05) is 11.6 Å². The van der Waals surface area contributed by atoms with Gasteiger partial charge in [-0.2, -0.15) is 0 Å². The van der Waals surface area contributed by atoms with Crippen LogP contribution in [0.2, 0.25) is 5.15 Å². The minimum atomic E-state index is -0.0422. The number of rotatable bonds is 0. The molecule has 0 spiro atoms. The third kappa shape index (κ3) is 1.93. The summed E-state index contributed by atoms with van der Waals surface area (Å²) in [5.41, 5.74) is 5.49. The smallest absolute Gasteiger partial charge is 0.156 e. The van der Waals surface area contributed by atoms with Crippen molar-refractivity contribution in [3.63, 3.8) is 0 Å². The van der Waals surface area contributed by atoms with Crippen LogP contribution in [0.25, 0.3) is 0 Å². The fourth-order valence-electron chi connectivity index (χ4n) is 0.437. The molecule has 0 aromatic carbocycles. The summed E-state index contributed by atoms with van der Waals surface area (Å²) in [5.74, 6) is -0.0422. The molecular weight excluding hydrogens is 175 g/mol. The summed E-state index contributed by atoms with van der Waals surface area (Å²) in [4.78, 5) is 3.57. The second-order valence-electron chi connectivity index (χ2n) is 1.57. The molecule has 0 saturated heterocycles. The molecule has 1 aromatic rings. The fourth-order valence-corrected chi connectivity index (χ4v) is 0.603. The summed E-state index contributed by atoms with van der Waals surface area (Å²) in [5, 5.41) is 9.08. The van der Waals surface area contributed by atoms with Gasteiger partial charge in [0.15, 0.2) is 5.75 Å². The van der Waals surface area contributed by atoms with Crippen LogP contribution in [0.3, 0.4) is 0 Å². The van der Waals surface area contributed by atoms with Gasteiger partial charge in [0.25, 0.3) is 0 Å². The zero-order valence-corrected chi connectivity index (χ0v) is 6.49. The minimum Gasteiger partial charge on any atom is -0.504 e. The summed E-state index contributed by atoms with van der Waals surface area (Å²) in [7, 11) is 0. The minimum absolute atomic E-state index is 0. The highest BCUT2D eigenvalue weighted by molar-refractivity contribution is 6.29. The number of hydrogen-bond donors (Lipinski definition) is 2. The highest BCUT2D eigenvalue weighted by atomic mass is 35.5. The number of nitrogens with zero attached hydrogens (tertiary/aromatic N) is 1. The molecule has 1 heterocycles. The molecule has 10 heavy (non-hydrogen) atoms. The van der Waals surface area contributed by atoms with Crippen molar-refractivity contribution in [2.45, 2.75) is 0 Å². The van der Waals surface area contributed by atoms with Crippen LogP contribution in [-0.4, -0.2) is 10.1 Å². The summed E-state index contributed by atoms with van der Waals surface area (Å²) < 4.78 is 0. The van der Waals surface area contributed by atoms with E-state index in [1.807, 2.05) is 0 Å². The number of pyridine rings is 1. The molecule has 1 rings (SSSR count). The van der Waals surface area contributed by atoms with E-state index in [0.29, 0.717) is 0 Å². The van der Waals surface area contributed by atoms with E-state index in [4.69, 9.17) is 22.4 Å². The molecule has 0 saturated carbocycles. The molecule has 0 bridgehead atoms. The lowest BCUT2D eigenvalue weighted by Crippen LogP contribution is -1.85. The van der Waals surface area contributed by atoms with Crippen molar-refractivity contribution in [3.05, 3.63) is 17.4 Å². The molecule has 0 fully saturated rings. The van der Waals surface area contributed by atoms with Crippen LogP contribution in [0.1, 0.15) is 0 Å². The van der Waals surface area contributed by atoms with Crippen LogP contribution in [0.4, 0.5) is 5.69 Å². The molecule has 0 unspecified atom stereocenters. The topological polar surface area (TPSA) is 59.1 Å². The standard InChI is InChI=1S/C5H5ClN2O.ClH/c6-5-1-3(7)4(9)2-8-5;/h1-2,9H,(H2,7,8);1H. The summed E-state index contributed by atoms with van der Waals surface area (Å²) in [6, 6.07) is 1.39. The van der Waals surface area contributed by atoms with Gasteiger partial charge < -0.3 is 10.8 Å². The predicted molar refractivity (Wildman–Crippen MR) is 42.6 cm³/mol. The third-order valence-corrected chi connectivity index (χ3v) is 1.09. The van der Waals surface area contributed by atoms with Gasteiger partial charge in [0.05, 0.1) is 11.9 Å². The summed E-state index contributed by atoms with van der Waals surface area (Å²) >= 11 is 5.41.